The molecule has 2 nitrogen and oxygen atoms in total. The average molecular weight is 267 g/mol. The van der Waals surface area contributed by atoms with Gasteiger partial charge in [0.15, 0.2) is 0 Å². The SMILES string of the molecule is CC[CH2][Sn]([CH2]CC)([O]C)[O]C. The molecule has 0 aliphatic rings. The molecule has 68 valence electrons. The van der Waals surface area contributed by atoms with Crippen molar-refractivity contribution in [1.82, 2.24) is 0 Å². The maximum absolute atomic E-state index is 5.56. The van der Waals surface area contributed by atoms with E-state index in [0.717, 1.165) is 0 Å². The van der Waals surface area contributed by atoms with Crippen LogP contribution in [0.2, 0.25) is 8.87 Å². The Hall–Kier alpha value is 0.719. The van der Waals surface area contributed by atoms with Crippen molar-refractivity contribution in [2.24, 2.45) is 0 Å². The first-order valence-corrected chi connectivity index (χ1v) is 10.7. The van der Waals surface area contributed by atoms with Crippen molar-refractivity contribution < 1.29 is 6.15 Å². The van der Waals surface area contributed by atoms with E-state index >= 15 is 0 Å². The van der Waals surface area contributed by atoms with Crippen LogP contribution >= 0.6 is 0 Å². The second kappa shape index (κ2) is 6.26. The fourth-order valence-corrected chi connectivity index (χ4v) is 9.25. The maximum atomic E-state index is 5.56. The summed E-state index contributed by atoms with van der Waals surface area (Å²) in [5.74, 6) is 0. The van der Waals surface area contributed by atoms with Crippen LogP contribution in [0.3, 0.4) is 0 Å². The van der Waals surface area contributed by atoms with Gasteiger partial charge in [-0.2, -0.15) is 0 Å². The van der Waals surface area contributed by atoms with Gasteiger partial charge in [-0.15, -0.1) is 0 Å². The summed E-state index contributed by atoms with van der Waals surface area (Å²) in [4.78, 5) is 0. The molecule has 0 rings (SSSR count). The Bertz CT molecular complexity index is 84.1. The van der Waals surface area contributed by atoms with Crippen molar-refractivity contribution in [3.05, 3.63) is 0 Å². The third kappa shape index (κ3) is 3.76. The molecule has 0 aromatic heterocycles. The number of hydrogen-bond acceptors (Lipinski definition) is 2. The van der Waals surface area contributed by atoms with Crippen LogP contribution < -0.4 is 0 Å². The standard InChI is InChI=1S/2C3H7.2CH3O.Sn/c2*1-3-2;2*1-2;/h2*1,3H2,2H3;2*1H3;/q;;2*-1;+2. The first-order valence-electron chi connectivity index (χ1n) is 4.35. The van der Waals surface area contributed by atoms with Crippen LogP contribution in [0.15, 0.2) is 0 Å². The zero-order chi connectivity index (χ0) is 8.74. The van der Waals surface area contributed by atoms with Gasteiger partial charge >= 0.3 is 75.1 Å². The molecule has 0 aliphatic heterocycles. The van der Waals surface area contributed by atoms with E-state index in [1.54, 1.807) is 0 Å². The quantitative estimate of drug-likeness (QED) is 0.688. The van der Waals surface area contributed by atoms with E-state index in [4.69, 9.17) is 6.15 Å². The summed E-state index contributed by atoms with van der Waals surface area (Å²) in [5, 5.41) is 0. The van der Waals surface area contributed by atoms with Crippen LogP contribution in [-0.4, -0.2) is 33.4 Å². The van der Waals surface area contributed by atoms with Gasteiger partial charge < -0.3 is 0 Å². The number of hydrogen-bond donors (Lipinski definition) is 0. The topological polar surface area (TPSA) is 18.5 Å². The minimum atomic E-state index is -2.47. The second-order valence-electron chi connectivity index (χ2n) is 2.82. The molecular weight excluding hydrogens is 247 g/mol. The van der Waals surface area contributed by atoms with Gasteiger partial charge in [-0.25, -0.2) is 0 Å². The monoisotopic (exact) mass is 268 g/mol. The average Bonchev–Trinajstić information content (AvgIpc) is 2.04. The molecule has 0 unspecified atom stereocenters. The molecule has 0 heterocycles. The third-order valence-corrected chi connectivity index (χ3v) is 13.5. The van der Waals surface area contributed by atoms with Gasteiger partial charge in [0.25, 0.3) is 0 Å². The molecule has 0 amide bonds. The Morgan fingerprint density at radius 2 is 1.27 bits per heavy atom. The third-order valence-electron chi connectivity index (χ3n) is 2.01. The van der Waals surface area contributed by atoms with Gasteiger partial charge in [0.1, 0.15) is 0 Å². The molecule has 0 aliphatic carbocycles. The van der Waals surface area contributed by atoms with Crippen LogP contribution in [0.25, 0.3) is 0 Å². The van der Waals surface area contributed by atoms with Crippen molar-refractivity contribution >= 4 is 19.2 Å². The van der Waals surface area contributed by atoms with Crippen LogP contribution in [0.1, 0.15) is 26.7 Å². The van der Waals surface area contributed by atoms with E-state index in [0.29, 0.717) is 0 Å². The molecule has 0 atom stereocenters. The van der Waals surface area contributed by atoms with Crippen LogP contribution in [0.5, 0.6) is 0 Å². The van der Waals surface area contributed by atoms with Gasteiger partial charge in [-0.05, 0) is 0 Å². The first-order chi connectivity index (χ1) is 5.24. The molecule has 0 radical (unpaired) electrons. The summed E-state index contributed by atoms with van der Waals surface area (Å²) in [6, 6.07) is 0. The van der Waals surface area contributed by atoms with Gasteiger partial charge in [-0.3, -0.25) is 0 Å². The van der Waals surface area contributed by atoms with Crippen LogP contribution in [-0.2, 0) is 6.15 Å². The van der Waals surface area contributed by atoms with Crippen molar-refractivity contribution in [3.8, 4) is 0 Å². The van der Waals surface area contributed by atoms with Crippen LogP contribution in [0, 0.1) is 0 Å². The van der Waals surface area contributed by atoms with E-state index in [1.165, 1.54) is 21.7 Å². The van der Waals surface area contributed by atoms with E-state index < -0.39 is 19.2 Å². The van der Waals surface area contributed by atoms with Gasteiger partial charge in [0.2, 0.25) is 0 Å². The van der Waals surface area contributed by atoms with Crippen LogP contribution in [0.4, 0.5) is 0 Å². The van der Waals surface area contributed by atoms with Crippen molar-refractivity contribution in [1.29, 1.82) is 0 Å². The molecule has 0 N–H and O–H groups in total. The summed E-state index contributed by atoms with van der Waals surface area (Å²) >= 11 is -2.47. The van der Waals surface area contributed by atoms with Gasteiger partial charge in [0.05, 0.1) is 0 Å². The Kier molecular flexibility index (Phi) is 6.67. The Morgan fingerprint density at radius 1 is 0.909 bits per heavy atom. The Labute approximate surface area is 75.2 Å². The molecule has 0 spiro atoms. The fraction of sp³-hybridized carbons (Fsp3) is 1.00. The zero-order valence-corrected chi connectivity index (χ0v) is 11.0. The van der Waals surface area contributed by atoms with Crippen molar-refractivity contribution in [2.45, 2.75) is 35.6 Å². The fourth-order valence-electron chi connectivity index (χ4n) is 1.38. The molecule has 0 saturated carbocycles. The summed E-state index contributed by atoms with van der Waals surface area (Å²) in [7, 11) is 3.62. The predicted molar refractivity (Wildman–Crippen MR) is 50.0 cm³/mol. The van der Waals surface area contributed by atoms with E-state index in [1.807, 2.05) is 14.2 Å². The van der Waals surface area contributed by atoms with E-state index in [-0.39, 0.29) is 0 Å². The minimum absolute atomic E-state index is 1.19. The Balaban J connectivity index is 3.96. The van der Waals surface area contributed by atoms with E-state index in [9.17, 15) is 0 Å². The Morgan fingerprint density at radius 3 is 1.45 bits per heavy atom. The first kappa shape index (κ1) is 11.7. The molecule has 11 heavy (non-hydrogen) atoms. The molecule has 0 bridgehead atoms. The van der Waals surface area contributed by atoms with Crippen molar-refractivity contribution in [2.75, 3.05) is 14.2 Å². The summed E-state index contributed by atoms with van der Waals surface area (Å²) in [6.07, 6.45) is 2.38. The molecule has 3 heteroatoms. The molecule has 0 fully saturated rings. The summed E-state index contributed by atoms with van der Waals surface area (Å²) < 4.78 is 13.5. The number of rotatable bonds is 6. The van der Waals surface area contributed by atoms with Gasteiger partial charge in [0, 0.05) is 0 Å². The second-order valence-corrected chi connectivity index (χ2v) is 13.2. The predicted octanol–water partition coefficient (Wildman–Crippen LogP) is 2.54. The zero-order valence-electron chi connectivity index (χ0n) is 8.14. The van der Waals surface area contributed by atoms with Crippen molar-refractivity contribution in [3.63, 3.8) is 0 Å². The molecule has 0 saturated heterocycles. The normalized spacial score (nSPS) is 12.0. The van der Waals surface area contributed by atoms with Gasteiger partial charge in [-0.1, -0.05) is 0 Å². The molecule has 0 aromatic carbocycles. The molecular formula is C8H20O2Sn. The van der Waals surface area contributed by atoms with E-state index in [2.05, 4.69) is 13.8 Å². The summed E-state index contributed by atoms with van der Waals surface area (Å²) in [6.45, 7) is 4.39. The molecule has 0 aromatic rings. The summed E-state index contributed by atoms with van der Waals surface area (Å²) in [5.41, 5.74) is 0.